The first kappa shape index (κ1) is 87.8. The van der Waals surface area contributed by atoms with Crippen LogP contribution < -0.4 is 0 Å². The Morgan fingerprint density at radius 1 is 0.362 bits per heavy atom. The summed E-state index contributed by atoms with van der Waals surface area (Å²) < 4.78 is 43.7. The van der Waals surface area contributed by atoms with Crippen molar-refractivity contribution in [3.8, 4) is 0 Å². The quantitative estimate of drug-likeness (QED) is 0.0688. The Hall–Kier alpha value is -4.24. The first-order chi connectivity index (χ1) is 44.1. The molecule has 0 unspecified atom stereocenters. The predicted molar refractivity (Wildman–Crippen MR) is 373 cm³/mol. The second kappa shape index (κ2) is 40.0. The normalized spacial score (nSPS) is 26.7. The van der Waals surface area contributed by atoms with Gasteiger partial charge < -0.3 is 37.9 Å². The molecule has 10 rings (SSSR count). The van der Waals surface area contributed by atoms with Crippen LogP contribution in [-0.4, -0.2) is 96.6 Å². The van der Waals surface area contributed by atoms with Crippen LogP contribution in [0.25, 0.3) is 0 Å². The van der Waals surface area contributed by atoms with Crippen LogP contribution in [0.3, 0.4) is 0 Å². The minimum atomic E-state index is -0.557. The van der Waals surface area contributed by atoms with Crippen LogP contribution in [0.15, 0.2) is 0 Å². The summed E-state index contributed by atoms with van der Waals surface area (Å²) in [5.41, 5.74) is -3.53. The molecule has 8 bridgehead atoms. The van der Waals surface area contributed by atoms with Crippen LogP contribution >= 0.6 is 0 Å². The smallest absolute Gasteiger partial charge is 0.344 e. The van der Waals surface area contributed by atoms with Gasteiger partial charge in [0, 0.05) is 0 Å². The van der Waals surface area contributed by atoms with Gasteiger partial charge in [-0.15, -0.1) is 0 Å². The lowest BCUT2D eigenvalue weighted by molar-refractivity contribution is -0.228. The summed E-state index contributed by atoms with van der Waals surface area (Å²) in [6.45, 7) is 47.7. The molecular formula is C78H140O16. The van der Waals surface area contributed by atoms with Crippen molar-refractivity contribution < 1.29 is 76.3 Å². The number of carbonyl (C=O) groups is 8. The van der Waals surface area contributed by atoms with Crippen molar-refractivity contribution in [1.29, 1.82) is 0 Å². The molecule has 16 nitrogen and oxygen atoms in total. The van der Waals surface area contributed by atoms with Crippen molar-refractivity contribution in [2.75, 3.05) is 26.4 Å². The van der Waals surface area contributed by atoms with Gasteiger partial charge in [-0.3, -0.25) is 19.2 Å². The molecule has 0 spiro atoms. The van der Waals surface area contributed by atoms with Gasteiger partial charge in [0.2, 0.25) is 0 Å². The molecule has 10 aliphatic carbocycles. The van der Waals surface area contributed by atoms with E-state index in [0.717, 1.165) is 87.9 Å². The van der Waals surface area contributed by atoms with Crippen LogP contribution in [0.2, 0.25) is 0 Å². The number of carbonyl (C=O) groups excluding carboxylic acids is 8. The summed E-state index contributed by atoms with van der Waals surface area (Å²) in [6.07, 6.45) is 24.8. The molecule has 10 fully saturated rings. The molecule has 0 heterocycles. The fourth-order valence-electron chi connectivity index (χ4n) is 15.6. The summed E-state index contributed by atoms with van der Waals surface area (Å²) in [5.74, 6) is 2.66. The van der Waals surface area contributed by atoms with Gasteiger partial charge in [0.15, 0.2) is 26.4 Å². The average Bonchev–Trinajstić information content (AvgIpc) is 0.842. The van der Waals surface area contributed by atoms with Crippen molar-refractivity contribution in [3.05, 3.63) is 0 Å². The molecule has 0 aliphatic heterocycles. The Morgan fingerprint density at radius 3 is 0.904 bits per heavy atom. The topological polar surface area (TPSA) is 210 Å². The monoisotopic (exact) mass is 1330 g/mol. The number of hydrogen-bond donors (Lipinski definition) is 0. The van der Waals surface area contributed by atoms with E-state index in [9.17, 15) is 38.4 Å². The molecule has 0 saturated heterocycles. The van der Waals surface area contributed by atoms with Crippen molar-refractivity contribution in [3.63, 3.8) is 0 Å². The Kier molecular flexibility index (Phi) is 37.3. The van der Waals surface area contributed by atoms with Crippen LogP contribution in [0.1, 0.15) is 327 Å². The molecule has 10 aliphatic rings. The second-order valence-electron chi connectivity index (χ2n) is 30.5. The van der Waals surface area contributed by atoms with E-state index in [4.69, 9.17) is 37.9 Å². The molecule has 548 valence electrons. The Labute approximate surface area is 572 Å². The number of rotatable bonds is 23. The van der Waals surface area contributed by atoms with Crippen molar-refractivity contribution in [2.45, 2.75) is 350 Å². The Morgan fingerprint density at radius 2 is 0.628 bits per heavy atom. The summed E-state index contributed by atoms with van der Waals surface area (Å²) in [7, 11) is 0. The lowest BCUT2D eigenvalue weighted by Gasteiger charge is -2.61. The van der Waals surface area contributed by atoms with Crippen LogP contribution in [0, 0.1) is 74.9 Å². The fraction of sp³-hybridized carbons (Fsp3) is 0.897. The Balaban J connectivity index is 0.000000609. The number of esters is 8. The third-order valence-corrected chi connectivity index (χ3v) is 22.5. The highest BCUT2D eigenvalue weighted by Gasteiger charge is 2.61. The first-order valence-corrected chi connectivity index (χ1v) is 37.7. The zero-order chi connectivity index (χ0) is 72.3. The van der Waals surface area contributed by atoms with Crippen LogP contribution in [0.4, 0.5) is 0 Å². The lowest BCUT2D eigenvalue weighted by Crippen LogP contribution is -2.62. The van der Waals surface area contributed by atoms with Gasteiger partial charge in [-0.25, -0.2) is 19.2 Å². The fourth-order valence-corrected chi connectivity index (χ4v) is 15.6. The van der Waals surface area contributed by atoms with Gasteiger partial charge in [0.05, 0.1) is 21.7 Å². The molecule has 0 aromatic heterocycles. The van der Waals surface area contributed by atoms with Crippen molar-refractivity contribution in [2.24, 2.45) is 74.9 Å². The predicted octanol–water partition coefficient (Wildman–Crippen LogP) is 18.7. The first-order valence-electron chi connectivity index (χ1n) is 37.7. The molecule has 0 aromatic carbocycles. The maximum atomic E-state index is 12.6. The lowest BCUT2D eigenvalue weighted by atomic mass is 9.47. The number of hydrogen-bond acceptors (Lipinski definition) is 16. The molecular weight excluding hydrogens is 1190 g/mol. The van der Waals surface area contributed by atoms with Gasteiger partial charge in [-0.1, -0.05) is 111 Å². The van der Waals surface area contributed by atoms with E-state index in [-0.39, 0.29) is 84.6 Å². The highest BCUT2D eigenvalue weighted by Crippen LogP contribution is 2.63. The van der Waals surface area contributed by atoms with Gasteiger partial charge in [-0.05, 0) is 270 Å². The molecule has 0 N–H and O–H groups in total. The zero-order valence-corrected chi connectivity index (χ0v) is 64.5. The molecule has 0 amide bonds. The average molecular weight is 1330 g/mol. The highest BCUT2D eigenvalue weighted by atomic mass is 16.6. The molecule has 10 saturated carbocycles. The molecule has 0 aromatic rings. The van der Waals surface area contributed by atoms with E-state index in [1.807, 2.05) is 138 Å². The summed E-state index contributed by atoms with van der Waals surface area (Å²) in [4.78, 5) is 96.0. The van der Waals surface area contributed by atoms with Crippen molar-refractivity contribution in [1.82, 2.24) is 0 Å². The third-order valence-electron chi connectivity index (χ3n) is 22.5. The van der Waals surface area contributed by atoms with E-state index in [1.165, 1.54) is 64.2 Å². The minimum Gasteiger partial charge on any atom is -0.457 e. The standard InChI is InChI=1S/C21H34O4.C20H32O4.C15H26O4.C14H24O4.4C2H6/c1-6-20(4,5)19(23)24-12-18(22)25-21(13(2)3)16-8-14-7-15(10-16)11-17(21)9-14;1-5-19(3,4)18(22)23-12-17(21)24-20(6-2)15-8-13-7-14(10-15)11-16(20)9-13;1-5-14(3,4)13(17)18-11-12(16)19-15(6-2)9-7-8-10-15;1-5-13(2,3)12(16)17-10-11(15)18-14(4)8-6-7-9-14;4*1-2/h13-17H,6-12H2,1-5H3;13-16H,5-12H2,1-4H3;5-11H2,1-4H3;5-10H2,1-4H3;4*1-2H3. The summed E-state index contributed by atoms with van der Waals surface area (Å²) >= 11 is 0. The SMILES string of the molecule is CC.CC.CC.CC.CCC(C)(C)C(=O)OCC(=O)OC1(C(C)C)C2CC3CC(C2)CC1C3.CCC(C)(C)C(=O)OCC(=O)OC1(C)CCCC1.CCC(C)(C)C(=O)OCC(=O)OC1(CC)C2CC3CC(C2)CC1C3.CCC1(OC(=O)COC(=O)C(C)(C)CC)CCCC1. The van der Waals surface area contributed by atoms with E-state index in [1.54, 1.807) is 13.8 Å². The van der Waals surface area contributed by atoms with E-state index in [0.29, 0.717) is 55.3 Å². The van der Waals surface area contributed by atoms with Crippen LogP contribution in [-0.2, 0) is 76.3 Å². The molecule has 0 atom stereocenters. The maximum Gasteiger partial charge on any atom is 0.344 e. The van der Waals surface area contributed by atoms with E-state index < -0.39 is 33.6 Å². The largest absolute Gasteiger partial charge is 0.457 e. The van der Waals surface area contributed by atoms with E-state index >= 15 is 0 Å². The molecule has 0 radical (unpaired) electrons. The maximum absolute atomic E-state index is 12.6. The zero-order valence-electron chi connectivity index (χ0n) is 64.5. The molecule has 94 heavy (non-hydrogen) atoms. The number of ether oxygens (including phenoxy) is 8. The summed E-state index contributed by atoms with van der Waals surface area (Å²) in [5, 5.41) is 0. The van der Waals surface area contributed by atoms with Gasteiger partial charge in [-0.2, -0.15) is 0 Å². The van der Waals surface area contributed by atoms with Gasteiger partial charge in [0.25, 0.3) is 0 Å². The second-order valence-corrected chi connectivity index (χ2v) is 30.5. The van der Waals surface area contributed by atoms with Crippen LogP contribution in [0.5, 0.6) is 0 Å². The Bertz CT molecular complexity index is 2260. The molecule has 16 heteroatoms. The van der Waals surface area contributed by atoms with Crippen molar-refractivity contribution >= 4 is 47.8 Å². The summed E-state index contributed by atoms with van der Waals surface area (Å²) in [6, 6.07) is 0. The minimum absolute atomic E-state index is 0.254. The third kappa shape index (κ3) is 24.0. The van der Waals surface area contributed by atoms with Gasteiger partial charge >= 0.3 is 47.8 Å². The van der Waals surface area contributed by atoms with E-state index in [2.05, 4.69) is 20.8 Å². The highest BCUT2D eigenvalue weighted by molar-refractivity contribution is 5.82. The van der Waals surface area contributed by atoms with Gasteiger partial charge in [0.1, 0.15) is 22.4 Å².